The zero-order valence-corrected chi connectivity index (χ0v) is 14.2. The minimum Gasteiger partial charge on any atom is -0.434 e. The maximum absolute atomic E-state index is 12.6. The van der Waals surface area contributed by atoms with E-state index in [0.717, 1.165) is 12.1 Å². The summed E-state index contributed by atoms with van der Waals surface area (Å²) in [6, 6.07) is 10.5. The molecule has 0 bridgehead atoms. The molecular formula is C19H16F5NO2. The summed E-state index contributed by atoms with van der Waals surface area (Å²) in [6.07, 6.45) is -1.91. The lowest BCUT2D eigenvalue weighted by atomic mass is 10.1. The number of para-hydroxylation sites is 1. The number of halogens is 5. The van der Waals surface area contributed by atoms with Crippen molar-refractivity contribution in [2.75, 3.05) is 7.05 Å². The third-order valence-electron chi connectivity index (χ3n) is 3.62. The highest BCUT2D eigenvalue weighted by atomic mass is 19.4. The molecule has 0 heterocycles. The number of carbonyl (C=O) groups is 1. The monoisotopic (exact) mass is 385 g/mol. The SMILES string of the molecule is CN(Cc1ccc(C(F)(F)F)cc1)C(=O)/C=C/c1ccccc1OC(F)F. The summed E-state index contributed by atoms with van der Waals surface area (Å²) < 4.78 is 66.8. The topological polar surface area (TPSA) is 29.5 Å². The van der Waals surface area contributed by atoms with Gasteiger partial charge in [0, 0.05) is 25.2 Å². The van der Waals surface area contributed by atoms with E-state index in [1.165, 1.54) is 54.4 Å². The van der Waals surface area contributed by atoms with Crippen LogP contribution in [-0.2, 0) is 17.5 Å². The van der Waals surface area contributed by atoms with Gasteiger partial charge in [-0.1, -0.05) is 30.3 Å². The Kier molecular flexibility index (Phi) is 6.55. The van der Waals surface area contributed by atoms with Crippen LogP contribution in [-0.4, -0.2) is 24.5 Å². The first-order valence-corrected chi connectivity index (χ1v) is 7.80. The molecule has 3 nitrogen and oxygen atoms in total. The van der Waals surface area contributed by atoms with Gasteiger partial charge in [0.15, 0.2) is 0 Å². The number of ether oxygens (including phenoxy) is 1. The molecule has 2 aromatic rings. The summed E-state index contributed by atoms with van der Waals surface area (Å²) in [5.74, 6) is -0.510. The molecule has 0 saturated heterocycles. The van der Waals surface area contributed by atoms with Gasteiger partial charge in [-0.05, 0) is 29.8 Å². The molecule has 144 valence electrons. The van der Waals surface area contributed by atoms with E-state index in [1.807, 2.05) is 0 Å². The second-order valence-corrected chi connectivity index (χ2v) is 5.64. The van der Waals surface area contributed by atoms with E-state index in [9.17, 15) is 26.7 Å². The van der Waals surface area contributed by atoms with Gasteiger partial charge in [-0.3, -0.25) is 4.79 Å². The molecule has 0 aliphatic rings. The average molecular weight is 385 g/mol. The van der Waals surface area contributed by atoms with Gasteiger partial charge in [-0.15, -0.1) is 0 Å². The molecule has 2 aromatic carbocycles. The molecule has 27 heavy (non-hydrogen) atoms. The molecule has 2 rings (SSSR count). The molecule has 0 radical (unpaired) electrons. The zero-order valence-electron chi connectivity index (χ0n) is 14.2. The number of alkyl halides is 5. The van der Waals surface area contributed by atoms with Crippen molar-refractivity contribution >= 4 is 12.0 Å². The number of hydrogen-bond donors (Lipinski definition) is 0. The van der Waals surface area contributed by atoms with Gasteiger partial charge >= 0.3 is 12.8 Å². The quantitative estimate of drug-likeness (QED) is 0.519. The normalized spacial score (nSPS) is 11.8. The van der Waals surface area contributed by atoms with E-state index < -0.39 is 24.3 Å². The minimum absolute atomic E-state index is 0.0676. The van der Waals surface area contributed by atoms with Gasteiger partial charge in [0.05, 0.1) is 5.56 Å². The van der Waals surface area contributed by atoms with Crippen LogP contribution in [0, 0.1) is 0 Å². The highest BCUT2D eigenvalue weighted by molar-refractivity contribution is 5.92. The van der Waals surface area contributed by atoms with Crippen molar-refractivity contribution in [3.05, 3.63) is 71.3 Å². The molecule has 0 unspecified atom stereocenters. The van der Waals surface area contributed by atoms with Crippen LogP contribution in [0.2, 0.25) is 0 Å². The van der Waals surface area contributed by atoms with Crippen molar-refractivity contribution in [3.8, 4) is 5.75 Å². The van der Waals surface area contributed by atoms with E-state index >= 15 is 0 Å². The predicted molar refractivity (Wildman–Crippen MR) is 90.0 cm³/mol. The lowest BCUT2D eigenvalue weighted by Gasteiger charge is -2.16. The van der Waals surface area contributed by atoms with Crippen molar-refractivity contribution in [1.82, 2.24) is 4.90 Å². The van der Waals surface area contributed by atoms with Crippen LogP contribution in [0.1, 0.15) is 16.7 Å². The Balaban J connectivity index is 2.03. The van der Waals surface area contributed by atoms with Crippen molar-refractivity contribution in [2.45, 2.75) is 19.3 Å². The fourth-order valence-corrected chi connectivity index (χ4v) is 2.26. The van der Waals surface area contributed by atoms with Gasteiger partial charge in [-0.2, -0.15) is 22.0 Å². The van der Waals surface area contributed by atoms with E-state index in [4.69, 9.17) is 0 Å². The van der Waals surface area contributed by atoms with Crippen molar-refractivity contribution < 1.29 is 31.5 Å². The Morgan fingerprint density at radius 2 is 1.74 bits per heavy atom. The van der Waals surface area contributed by atoms with Crippen LogP contribution in [0.15, 0.2) is 54.6 Å². The molecule has 1 amide bonds. The van der Waals surface area contributed by atoms with Crippen molar-refractivity contribution in [1.29, 1.82) is 0 Å². The first kappa shape index (κ1) is 20.4. The van der Waals surface area contributed by atoms with Crippen molar-refractivity contribution in [3.63, 3.8) is 0 Å². The number of amides is 1. The number of benzene rings is 2. The van der Waals surface area contributed by atoms with E-state index in [-0.39, 0.29) is 12.3 Å². The second-order valence-electron chi connectivity index (χ2n) is 5.64. The van der Waals surface area contributed by atoms with E-state index in [0.29, 0.717) is 11.1 Å². The molecule has 0 spiro atoms. The van der Waals surface area contributed by atoms with Gasteiger partial charge in [0.1, 0.15) is 5.75 Å². The molecule has 8 heteroatoms. The Morgan fingerprint density at radius 3 is 2.33 bits per heavy atom. The number of rotatable bonds is 6. The van der Waals surface area contributed by atoms with Crippen LogP contribution < -0.4 is 4.74 Å². The molecule has 0 N–H and O–H groups in total. The predicted octanol–water partition coefficient (Wildman–Crippen LogP) is 4.98. The van der Waals surface area contributed by atoms with Crippen molar-refractivity contribution in [2.24, 2.45) is 0 Å². The van der Waals surface area contributed by atoms with Crippen LogP contribution in [0.4, 0.5) is 22.0 Å². The molecule has 0 atom stereocenters. The smallest absolute Gasteiger partial charge is 0.416 e. The largest absolute Gasteiger partial charge is 0.434 e. The summed E-state index contributed by atoms with van der Waals surface area (Å²) in [6.45, 7) is -2.89. The highest BCUT2D eigenvalue weighted by Crippen LogP contribution is 2.29. The first-order valence-electron chi connectivity index (χ1n) is 7.80. The van der Waals surface area contributed by atoms with Gasteiger partial charge in [0.2, 0.25) is 5.91 Å². The van der Waals surface area contributed by atoms with E-state index in [1.54, 1.807) is 6.07 Å². The molecule has 0 aliphatic heterocycles. The molecule has 0 saturated carbocycles. The third-order valence-corrected chi connectivity index (χ3v) is 3.62. The van der Waals surface area contributed by atoms with Crippen LogP contribution in [0.3, 0.4) is 0 Å². The second kappa shape index (κ2) is 8.66. The number of likely N-dealkylation sites (N-methyl/N-ethyl adjacent to an activating group) is 1. The van der Waals surface area contributed by atoms with Gasteiger partial charge < -0.3 is 9.64 Å². The Bertz CT molecular complexity index is 800. The van der Waals surface area contributed by atoms with Crippen LogP contribution >= 0.6 is 0 Å². The van der Waals surface area contributed by atoms with Crippen LogP contribution in [0.5, 0.6) is 5.75 Å². The fraction of sp³-hybridized carbons (Fsp3) is 0.211. The summed E-state index contributed by atoms with van der Waals surface area (Å²) >= 11 is 0. The van der Waals surface area contributed by atoms with Gasteiger partial charge in [0.25, 0.3) is 0 Å². The number of hydrogen-bond acceptors (Lipinski definition) is 2. The Hall–Kier alpha value is -2.90. The highest BCUT2D eigenvalue weighted by Gasteiger charge is 2.29. The molecule has 0 aromatic heterocycles. The Morgan fingerprint density at radius 1 is 1.11 bits per heavy atom. The zero-order chi connectivity index (χ0) is 20.0. The minimum atomic E-state index is -4.42. The number of nitrogens with zero attached hydrogens (tertiary/aromatic N) is 1. The third kappa shape index (κ3) is 6.09. The summed E-state index contributed by atoms with van der Waals surface area (Å²) in [7, 11) is 1.48. The number of carbonyl (C=O) groups excluding carboxylic acids is 1. The summed E-state index contributed by atoms with van der Waals surface area (Å²) in [5.41, 5.74) is 0.0542. The van der Waals surface area contributed by atoms with Crippen LogP contribution in [0.25, 0.3) is 6.08 Å². The maximum Gasteiger partial charge on any atom is 0.416 e. The van der Waals surface area contributed by atoms with Gasteiger partial charge in [-0.25, -0.2) is 0 Å². The fourth-order valence-electron chi connectivity index (χ4n) is 2.26. The standard InChI is InChI=1S/C19H16F5NO2/c1-25(12-13-6-9-15(10-7-13)19(22,23)24)17(26)11-8-14-4-2-3-5-16(14)27-18(20)21/h2-11,18H,12H2,1H3/b11-8+. The molecule has 0 fully saturated rings. The lowest BCUT2D eigenvalue weighted by molar-refractivity contribution is -0.137. The average Bonchev–Trinajstić information content (AvgIpc) is 2.60. The first-order chi connectivity index (χ1) is 12.7. The lowest BCUT2D eigenvalue weighted by Crippen LogP contribution is -2.24. The van der Waals surface area contributed by atoms with E-state index in [2.05, 4.69) is 4.74 Å². The summed E-state index contributed by atoms with van der Waals surface area (Å²) in [4.78, 5) is 13.4. The Labute approximate surface area is 152 Å². The molecular weight excluding hydrogens is 369 g/mol. The molecule has 0 aliphatic carbocycles. The maximum atomic E-state index is 12.6. The summed E-state index contributed by atoms with van der Waals surface area (Å²) in [5, 5.41) is 0.